The second-order valence-electron chi connectivity index (χ2n) is 14.8. The number of fused-ring (bicyclic) bond motifs is 4. The van der Waals surface area contributed by atoms with Crippen LogP contribution in [0.3, 0.4) is 0 Å². The summed E-state index contributed by atoms with van der Waals surface area (Å²) in [5.74, 6) is 0.186. The molecular formula is C37H47N5O6S. The summed E-state index contributed by atoms with van der Waals surface area (Å²) >= 11 is 0. The SMILES string of the molecule is Cc1cccc(C)c1-c1nc2nc(c1C)OC[C@@H](CC(C)C)N(C1CC3(CC(NC(=O)OC(C)C)C3)C1)C(=O)c1cccc(c1)S(=O)(=O)N2. The molecule has 11 nitrogen and oxygen atoms in total. The molecule has 1 spiro atoms. The van der Waals surface area contributed by atoms with Gasteiger partial charge in [0.15, 0.2) is 0 Å². The van der Waals surface area contributed by atoms with E-state index in [0.29, 0.717) is 23.2 Å². The molecule has 0 radical (unpaired) electrons. The Labute approximate surface area is 289 Å². The smallest absolute Gasteiger partial charge is 0.407 e. The number of sulfonamides is 1. The Bertz CT molecular complexity index is 1840. The van der Waals surface area contributed by atoms with E-state index in [0.717, 1.165) is 42.4 Å². The van der Waals surface area contributed by atoms with Gasteiger partial charge < -0.3 is 19.7 Å². The molecule has 6 rings (SSSR count). The highest BCUT2D eigenvalue weighted by molar-refractivity contribution is 7.92. The van der Waals surface area contributed by atoms with Crippen molar-refractivity contribution in [3.05, 3.63) is 64.7 Å². The number of carbonyl (C=O) groups is 2. The molecule has 2 heterocycles. The third-order valence-corrected chi connectivity index (χ3v) is 11.3. The van der Waals surface area contributed by atoms with Crippen LogP contribution in [0.5, 0.6) is 5.88 Å². The zero-order chi connectivity index (χ0) is 35.2. The van der Waals surface area contributed by atoms with Crippen LogP contribution >= 0.6 is 0 Å². The van der Waals surface area contributed by atoms with Crippen molar-refractivity contribution >= 4 is 28.0 Å². The molecule has 12 heteroatoms. The van der Waals surface area contributed by atoms with Crippen molar-refractivity contribution in [3.8, 4) is 17.1 Å². The first-order chi connectivity index (χ1) is 23.1. The van der Waals surface area contributed by atoms with Gasteiger partial charge in [-0.3, -0.25) is 4.79 Å². The molecule has 1 aromatic heterocycles. The Kier molecular flexibility index (Phi) is 9.38. The number of aromatic nitrogens is 2. The molecule has 2 amide bonds. The van der Waals surface area contributed by atoms with Gasteiger partial charge in [0, 0.05) is 28.8 Å². The molecule has 0 saturated heterocycles. The van der Waals surface area contributed by atoms with E-state index in [1.807, 2.05) is 57.7 Å². The lowest BCUT2D eigenvalue weighted by Crippen LogP contribution is -2.64. The molecule has 2 fully saturated rings. The summed E-state index contributed by atoms with van der Waals surface area (Å²) in [6.07, 6.45) is 3.32. The molecular weight excluding hydrogens is 643 g/mol. The molecule has 2 N–H and O–H groups in total. The van der Waals surface area contributed by atoms with Crippen LogP contribution in [0.15, 0.2) is 47.4 Å². The van der Waals surface area contributed by atoms with Gasteiger partial charge in [0.25, 0.3) is 15.9 Å². The van der Waals surface area contributed by atoms with Crippen molar-refractivity contribution in [3.63, 3.8) is 0 Å². The number of alkyl carbamates (subject to hydrolysis) is 1. The van der Waals surface area contributed by atoms with E-state index in [9.17, 15) is 18.0 Å². The van der Waals surface area contributed by atoms with Gasteiger partial charge in [0.1, 0.15) is 6.61 Å². The van der Waals surface area contributed by atoms with Gasteiger partial charge in [-0.1, -0.05) is 38.1 Å². The molecule has 4 bridgehead atoms. The normalized spacial score (nSPS) is 24.5. The monoisotopic (exact) mass is 689 g/mol. The van der Waals surface area contributed by atoms with Crippen LogP contribution < -0.4 is 14.8 Å². The van der Waals surface area contributed by atoms with Crippen LogP contribution in [0.2, 0.25) is 0 Å². The van der Waals surface area contributed by atoms with Crippen molar-refractivity contribution in [1.29, 1.82) is 0 Å². The van der Waals surface area contributed by atoms with Gasteiger partial charge in [-0.05, 0) is 107 Å². The number of amides is 2. The Morgan fingerprint density at radius 3 is 2.37 bits per heavy atom. The first-order valence-corrected chi connectivity index (χ1v) is 18.6. The highest BCUT2D eigenvalue weighted by Gasteiger charge is 2.56. The zero-order valence-corrected chi connectivity index (χ0v) is 30.2. The average Bonchev–Trinajstić information content (AvgIpc) is 2.98. The molecule has 1 aliphatic heterocycles. The Morgan fingerprint density at radius 1 is 1.04 bits per heavy atom. The number of aryl methyl sites for hydroxylation is 2. The maximum Gasteiger partial charge on any atom is 0.407 e. The number of ether oxygens (including phenoxy) is 2. The average molecular weight is 690 g/mol. The third kappa shape index (κ3) is 7.11. The molecule has 49 heavy (non-hydrogen) atoms. The summed E-state index contributed by atoms with van der Waals surface area (Å²) in [4.78, 5) is 37.8. The first kappa shape index (κ1) is 34.7. The maximum absolute atomic E-state index is 14.5. The fourth-order valence-electron chi connectivity index (χ4n) is 7.82. The zero-order valence-electron chi connectivity index (χ0n) is 29.4. The predicted octanol–water partition coefficient (Wildman–Crippen LogP) is 6.56. The predicted molar refractivity (Wildman–Crippen MR) is 187 cm³/mol. The molecule has 0 unspecified atom stereocenters. The second-order valence-corrected chi connectivity index (χ2v) is 16.5. The number of nitrogens with zero attached hydrogens (tertiary/aromatic N) is 3. The number of hydrogen-bond acceptors (Lipinski definition) is 8. The van der Waals surface area contributed by atoms with Crippen LogP contribution in [0.1, 0.15) is 86.8 Å². The van der Waals surface area contributed by atoms with Gasteiger partial charge in [-0.25, -0.2) is 22.9 Å². The van der Waals surface area contributed by atoms with E-state index in [4.69, 9.17) is 14.5 Å². The number of benzene rings is 2. The van der Waals surface area contributed by atoms with Crippen molar-refractivity contribution in [2.45, 2.75) is 110 Å². The fourth-order valence-corrected chi connectivity index (χ4v) is 8.81. The van der Waals surface area contributed by atoms with Crippen LogP contribution in [0.4, 0.5) is 10.7 Å². The highest BCUT2D eigenvalue weighted by Crippen LogP contribution is 2.58. The lowest BCUT2D eigenvalue weighted by atomic mass is 9.51. The third-order valence-electron chi connectivity index (χ3n) is 9.97. The van der Waals surface area contributed by atoms with Crippen molar-refractivity contribution < 1.29 is 27.5 Å². The number of carbonyl (C=O) groups excluding carboxylic acids is 2. The molecule has 2 saturated carbocycles. The minimum atomic E-state index is -4.16. The molecule has 3 aliphatic rings. The lowest BCUT2D eigenvalue weighted by molar-refractivity contribution is -0.0778. The minimum absolute atomic E-state index is 0.0404. The van der Waals surface area contributed by atoms with E-state index in [1.54, 1.807) is 12.1 Å². The van der Waals surface area contributed by atoms with Gasteiger partial charge in [0.2, 0.25) is 11.8 Å². The van der Waals surface area contributed by atoms with E-state index >= 15 is 0 Å². The molecule has 2 aromatic carbocycles. The van der Waals surface area contributed by atoms with Crippen molar-refractivity contribution in [2.75, 3.05) is 11.3 Å². The largest absolute Gasteiger partial charge is 0.475 e. The summed E-state index contributed by atoms with van der Waals surface area (Å²) in [7, 11) is -4.16. The van der Waals surface area contributed by atoms with Gasteiger partial charge >= 0.3 is 6.09 Å². The van der Waals surface area contributed by atoms with Crippen LogP contribution in [-0.4, -0.2) is 66.1 Å². The standard InChI is InChI=1S/C37H47N5O6S/c1-21(2)14-28-20-47-33-25(7)32(31-23(5)10-8-11-24(31)6)39-35(40-33)41-49(45,46)30-13-9-12-26(15-30)34(43)42(28)29-18-37(19-29)16-27(17-37)38-36(44)48-22(3)4/h8-13,15,21-22,27-29H,14,16-20H2,1-7H3,(H,38,44)(H,39,40,41)/t27?,28-,29?,37?/m1/s1. The molecule has 2 aliphatic carbocycles. The van der Waals surface area contributed by atoms with Gasteiger partial charge in [0.05, 0.1) is 22.7 Å². The summed E-state index contributed by atoms with van der Waals surface area (Å²) in [5, 5.41) is 2.97. The van der Waals surface area contributed by atoms with Crippen molar-refractivity contribution in [2.24, 2.45) is 11.3 Å². The molecule has 1 atom stereocenters. The first-order valence-electron chi connectivity index (χ1n) is 17.2. The second kappa shape index (κ2) is 13.3. The van der Waals surface area contributed by atoms with E-state index < -0.39 is 16.1 Å². The van der Waals surface area contributed by atoms with Crippen molar-refractivity contribution in [1.82, 2.24) is 20.2 Å². The summed E-state index contributed by atoms with van der Waals surface area (Å²) in [5.41, 5.74) is 4.47. The van der Waals surface area contributed by atoms with E-state index in [2.05, 4.69) is 28.9 Å². The van der Waals surface area contributed by atoms with Crippen LogP contribution in [0.25, 0.3) is 11.3 Å². The Morgan fingerprint density at radius 2 is 1.71 bits per heavy atom. The van der Waals surface area contributed by atoms with E-state index in [1.165, 1.54) is 12.1 Å². The topological polar surface area (TPSA) is 140 Å². The number of hydrogen-bond donors (Lipinski definition) is 2. The van der Waals surface area contributed by atoms with Gasteiger partial charge in [-0.15, -0.1) is 0 Å². The number of nitrogens with one attached hydrogen (secondary N) is 2. The minimum Gasteiger partial charge on any atom is -0.475 e. The highest BCUT2D eigenvalue weighted by atomic mass is 32.2. The molecule has 262 valence electrons. The van der Waals surface area contributed by atoms with Crippen LogP contribution in [-0.2, 0) is 14.8 Å². The van der Waals surface area contributed by atoms with Crippen LogP contribution in [0, 0.1) is 32.1 Å². The maximum atomic E-state index is 14.5. The summed E-state index contributed by atoms with van der Waals surface area (Å²) in [6.45, 7) is 13.9. The number of rotatable bonds is 6. The fraction of sp³-hybridized carbons (Fsp3) is 0.514. The quantitative estimate of drug-likeness (QED) is 0.297. The summed E-state index contributed by atoms with van der Waals surface area (Å²) in [6, 6.07) is 11.8. The Balaban J connectivity index is 1.37. The Hall–Kier alpha value is -4.19. The van der Waals surface area contributed by atoms with Gasteiger partial charge in [-0.2, -0.15) is 4.98 Å². The molecule has 3 aromatic rings. The number of anilines is 1. The lowest BCUT2D eigenvalue weighted by Gasteiger charge is -2.60. The van der Waals surface area contributed by atoms with E-state index in [-0.39, 0.29) is 64.8 Å². The summed E-state index contributed by atoms with van der Waals surface area (Å²) < 4.78 is 41.8.